The van der Waals surface area contributed by atoms with Crippen LogP contribution < -0.4 is 9.47 Å². The first-order valence-electron chi connectivity index (χ1n) is 9.88. The third-order valence-electron chi connectivity index (χ3n) is 3.98. The van der Waals surface area contributed by atoms with Gasteiger partial charge in [-0.25, -0.2) is 4.98 Å². The molecule has 0 unspecified atom stereocenters. The van der Waals surface area contributed by atoms with Crippen LogP contribution in [-0.4, -0.2) is 16.8 Å². The molecule has 0 atom stereocenters. The zero-order chi connectivity index (χ0) is 21.2. The zero-order valence-corrected chi connectivity index (χ0v) is 17.5. The normalized spacial score (nSPS) is 11.7. The van der Waals surface area contributed by atoms with E-state index in [1.165, 1.54) is 0 Å². The lowest BCUT2D eigenvalue weighted by Crippen LogP contribution is -2.06. The van der Waals surface area contributed by atoms with Gasteiger partial charge in [-0.3, -0.25) is 0 Å². The number of benzene rings is 2. The lowest BCUT2D eigenvalue weighted by molar-refractivity contribution is 0.130. The van der Waals surface area contributed by atoms with E-state index in [0.717, 1.165) is 22.6 Å². The Labute approximate surface area is 177 Å². The van der Waals surface area contributed by atoms with Gasteiger partial charge in [0.2, 0.25) is 5.88 Å². The Morgan fingerprint density at radius 1 is 0.967 bits per heavy atom. The average Bonchev–Trinajstić information content (AvgIpc) is 2.75. The minimum absolute atomic E-state index is 0.0916. The maximum atomic E-state index is 5.83. The van der Waals surface area contributed by atoms with Gasteiger partial charge in [0.1, 0.15) is 18.1 Å². The summed E-state index contributed by atoms with van der Waals surface area (Å²) in [6, 6.07) is 21.4. The molecule has 3 aromatic rings. The first kappa shape index (κ1) is 21.1. The van der Waals surface area contributed by atoms with Crippen molar-refractivity contribution in [3.63, 3.8) is 0 Å². The van der Waals surface area contributed by atoms with Crippen LogP contribution in [-0.2, 0) is 11.4 Å². The monoisotopic (exact) mass is 402 g/mol. The SMILES string of the molecule is CC(C=Cc1ccc(Oc2ccc(OC(C)C)nc2)cc1)=NOCc1ccccc1. The molecule has 0 amide bonds. The summed E-state index contributed by atoms with van der Waals surface area (Å²) in [6.07, 6.45) is 5.64. The summed E-state index contributed by atoms with van der Waals surface area (Å²) >= 11 is 0. The molecule has 0 aliphatic carbocycles. The number of hydrogen-bond donors (Lipinski definition) is 0. The molecule has 0 spiro atoms. The Kier molecular flexibility index (Phi) is 7.61. The molecule has 0 N–H and O–H groups in total. The van der Waals surface area contributed by atoms with Gasteiger partial charge in [-0.2, -0.15) is 0 Å². The Morgan fingerprint density at radius 3 is 2.37 bits per heavy atom. The van der Waals surface area contributed by atoms with Crippen molar-refractivity contribution >= 4 is 11.8 Å². The number of ether oxygens (including phenoxy) is 2. The maximum absolute atomic E-state index is 5.83. The van der Waals surface area contributed by atoms with Crippen LogP contribution in [0.2, 0.25) is 0 Å². The number of rotatable bonds is 9. The molecule has 5 nitrogen and oxygen atoms in total. The van der Waals surface area contributed by atoms with Crippen LogP contribution in [0.15, 0.2) is 84.2 Å². The fourth-order valence-corrected chi connectivity index (χ4v) is 2.55. The summed E-state index contributed by atoms with van der Waals surface area (Å²) in [6.45, 7) is 6.29. The van der Waals surface area contributed by atoms with Gasteiger partial charge in [0.15, 0.2) is 0 Å². The molecule has 0 aliphatic rings. The van der Waals surface area contributed by atoms with E-state index in [9.17, 15) is 0 Å². The van der Waals surface area contributed by atoms with E-state index < -0.39 is 0 Å². The van der Waals surface area contributed by atoms with E-state index in [1.807, 2.05) is 93.6 Å². The number of allylic oxidation sites excluding steroid dienone is 1. The first-order valence-corrected chi connectivity index (χ1v) is 9.88. The minimum atomic E-state index is 0.0916. The van der Waals surface area contributed by atoms with E-state index >= 15 is 0 Å². The van der Waals surface area contributed by atoms with Gasteiger partial charge >= 0.3 is 0 Å². The fourth-order valence-electron chi connectivity index (χ4n) is 2.55. The highest BCUT2D eigenvalue weighted by Crippen LogP contribution is 2.23. The summed E-state index contributed by atoms with van der Waals surface area (Å²) in [7, 11) is 0. The van der Waals surface area contributed by atoms with Gasteiger partial charge in [-0.15, -0.1) is 0 Å². The molecule has 2 aromatic carbocycles. The van der Waals surface area contributed by atoms with E-state index in [0.29, 0.717) is 18.2 Å². The topological polar surface area (TPSA) is 52.9 Å². The molecule has 0 fully saturated rings. The number of hydrogen-bond acceptors (Lipinski definition) is 5. The second-order valence-electron chi connectivity index (χ2n) is 6.99. The third-order valence-corrected chi connectivity index (χ3v) is 3.98. The highest BCUT2D eigenvalue weighted by molar-refractivity contribution is 5.95. The number of aromatic nitrogens is 1. The van der Waals surface area contributed by atoms with Crippen molar-refractivity contribution in [3.8, 4) is 17.4 Å². The smallest absolute Gasteiger partial charge is 0.213 e. The summed E-state index contributed by atoms with van der Waals surface area (Å²) < 4.78 is 11.4. The molecule has 0 aliphatic heterocycles. The van der Waals surface area contributed by atoms with Crippen LogP contribution >= 0.6 is 0 Å². The van der Waals surface area contributed by atoms with Gasteiger partial charge in [-0.05, 0) is 56.2 Å². The molecule has 0 saturated carbocycles. The second-order valence-corrected chi connectivity index (χ2v) is 6.99. The van der Waals surface area contributed by atoms with E-state index in [4.69, 9.17) is 14.3 Å². The Hall–Kier alpha value is -3.60. The second kappa shape index (κ2) is 10.8. The highest BCUT2D eigenvalue weighted by atomic mass is 16.6. The van der Waals surface area contributed by atoms with Crippen molar-refractivity contribution in [1.82, 2.24) is 4.98 Å². The van der Waals surface area contributed by atoms with Crippen LogP contribution in [0.3, 0.4) is 0 Å². The van der Waals surface area contributed by atoms with Gasteiger partial charge in [0.05, 0.1) is 18.0 Å². The van der Waals surface area contributed by atoms with Gasteiger partial charge < -0.3 is 14.3 Å². The predicted molar refractivity (Wildman–Crippen MR) is 120 cm³/mol. The van der Waals surface area contributed by atoms with Crippen LogP contribution in [0.5, 0.6) is 17.4 Å². The fraction of sp³-hybridized carbons (Fsp3) is 0.200. The molecule has 154 valence electrons. The van der Waals surface area contributed by atoms with E-state index in [-0.39, 0.29) is 6.10 Å². The van der Waals surface area contributed by atoms with Crippen molar-refractivity contribution in [1.29, 1.82) is 0 Å². The van der Waals surface area contributed by atoms with Crippen molar-refractivity contribution < 1.29 is 14.3 Å². The average molecular weight is 402 g/mol. The lowest BCUT2D eigenvalue weighted by atomic mass is 10.2. The largest absolute Gasteiger partial charge is 0.475 e. The highest BCUT2D eigenvalue weighted by Gasteiger charge is 2.02. The zero-order valence-electron chi connectivity index (χ0n) is 17.5. The van der Waals surface area contributed by atoms with E-state index in [1.54, 1.807) is 12.3 Å². The maximum Gasteiger partial charge on any atom is 0.213 e. The number of nitrogens with zero attached hydrogens (tertiary/aromatic N) is 2. The quantitative estimate of drug-likeness (QED) is 0.313. The molecule has 0 radical (unpaired) electrons. The molecule has 30 heavy (non-hydrogen) atoms. The first-order chi connectivity index (χ1) is 14.6. The van der Waals surface area contributed by atoms with Crippen LogP contribution in [0.25, 0.3) is 6.08 Å². The molecule has 3 rings (SSSR count). The summed E-state index contributed by atoms with van der Waals surface area (Å²) in [5, 5.41) is 4.12. The lowest BCUT2D eigenvalue weighted by Gasteiger charge is -2.09. The van der Waals surface area contributed by atoms with Crippen molar-refractivity contribution in [2.45, 2.75) is 33.5 Å². The standard InChI is InChI=1S/C25H26N2O3/c1-19(2)29-25-16-15-24(17-26-25)30-23-13-11-21(12-14-23)10-9-20(3)27-28-18-22-7-5-4-6-8-22/h4-17,19H,18H2,1-3H3. The van der Waals surface area contributed by atoms with Gasteiger partial charge in [0.25, 0.3) is 0 Å². The summed E-state index contributed by atoms with van der Waals surface area (Å²) in [5.41, 5.74) is 2.92. The van der Waals surface area contributed by atoms with Crippen molar-refractivity contribution in [3.05, 3.63) is 90.1 Å². The molecule has 0 bridgehead atoms. The number of pyridine rings is 1. The van der Waals surface area contributed by atoms with Crippen molar-refractivity contribution in [2.75, 3.05) is 0 Å². The van der Waals surface area contributed by atoms with Crippen molar-refractivity contribution in [2.24, 2.45) is 5.16 Å². The van der Waals surface area contributed by atoms with Crippen LogP contribution in [0.4, 0.5) is 0 Å². The van der Waals surface area contributed by atoms with Gasteiger partial charge in [0, 0.05) is 6.07 Å². The van der Waals surface area contributed by atoms with Crippen LogP contribution in [0.1, 0.15) is 31.9 Å². The Balaban J connectivity index is 1.50. The number of oxime groups is 1. The Bertz CT molecular complexity index is 964. The van der Waals surface area contributed by atoms with Gasteiger partial charge in [-0.1, -0.05) is 53.7 Å². The molecule has 0 saturated heterocycles. The molecular weight excluding hydrogens is 376 g/mol. The van der Waals surface area contributed by atoms with E-state index in [2.05, 4.69) is 10.1 Å². The molecule has 5 heteroatoms. The predicted octanol–water partition coefficient (Wildman–Crippen LogP) is 6.27. The summed E-state index contributed by atoms with van der Waals surface area (Å²) in [5.74, 6) is 1.98. The molecule has 1 aromatic heterocycles. The molecule has 1 heterocycles. The third kappa shape index (κ3) is 7.09. The Morgan fingerprint density at radius 2 is 1.70 bits per heavy atom. The van der Waals surface area contributed by atoms with Crippen LogP contribution in [0, 0.1) is 0 Å². The molecular formula is C25H26N2O3. The minimum Gasteiger partial charge on any atom is -0.475 e. The summed E-state index contributed by atoms with van der Waals surface area (Å²) in [4.78, 5) is 9.63.